The third-order valence-electron chi connectivity index (χ3n) is 2.56. The van der Waals surface area contributed by atoms with Crippen molar-refractivity contribution in [1.29, 1.82) is 0 Å². The van der Waals surface area contributed by atoms with E-state index in [9.17, 15) is 14.9 Å². The molecule has 1 saturated carbocycles. The predicted molar refractivity (Wildman–Crippen MR) is 60.2 cm³/mol. The second-order valence-corrected chi connectivity index (χ2v) is 3.89. The summed E-state index contributed by atoms with van der Waals surface area (Å²) in [7, 11) is 0. The van der Waals surface area contributed by atoms with Gasteiger partial charge in [-0.1, -0.05) is 18.2 Å². The highest BCUT2D eigenvalue weighted by Gasteiger charge is 2.17. The second kappa shape index (κ2) is 4.26. The largest absolute Gasteiger partial charge is 0.298 e. The van der Waals surface area contributed by atoms with Crippen LogP contribution < -0.4 is 0 Å². The molecule has 1 aliphatic carbocycles. The summed E-state index contributed by atoms with van der Waals surface area (Å²) in [5, 5.41) is 10.7. The average Bonchev–Trinajstić information content (AvgIpc) is 3.09. The molecule has 16 heavy (non-hydrogen) atoms. The minimum absolute atomic E-state index is 0.119. The smallest absolute Gasteiger partial charge is 0.280 e. The molecule has 0 aliphatic heterocycles. The van der Waals surface area contributed by atoms with Crippen LogP contribution in [0.2, 0.25) is 0 Å². The second-order valence-electron chi connectivity index (χ2n) is 3.89. The van der Waals surface area contributed by atoms with E-state index >= 15 is 0 Å². The van der Waals surface area contributed by atoms with Crippen LogP contribution in [0, 0.1) is 16.0 Å². The number of nitro benzene ring substituents is 1. The lowest BCUT2D eigenvalue weighted by Gasteiger charge is -1.97. The molecule has 1 aromatic carbocycles. The average molecular weight is 217 g/mol. The minimum atomic E-state index is -0.530. The number of hydrogen-bond acceptors (Lipinski definition) is 3. The summed E-state index contributed by atoms with van der Waals surface area (Å²) in [5.74, 6) is 0.629. The summed E-state index contributed by atoms with van der Waals surface area (Å²) in [6.07, 6.45) is 6.83. The summed E-state index contributed by atoms with van der Waals surface area (Å²) in [4.78, 5) is 20.8. The normalized spacial score (nSPS) is 15.2. The first-order valence-corrected chi connectivity index (χ1v) is 5.12. The van der Waals surface area contributed by atoms with Gasteiger partial charge in [0.15, 0.2) is 6.29 Å². The van der Waals surface area contributed by atoms with Gasteiger partial charge in [-0.2, -0.15) is 0 Å². The van der Waals surface area contributed by atoms with E-state index in [1.54, 1.807) is 6.07 Å². The van der Waals surface area contributed by atoms with Gasteiger partial charge >= 0.3 is 0 Å². The quantitative estimate of drug-likeness (QED) is 0.442. The number of rotatable bonds is 4. The fraction of sp³-hybridized carbons (Fsp3) is 0.250. The van der Waals surface area contributed by atoms with Crippen molar-refractivity contribution in [2.45, 2.75) is 12.8 Å². The predicted octanol–water partition coefficient (Wildman–Crippen LogP) is 2.83. The van der Waals surface area contributed by atoms with Crippen LogP contribution in [0.15, 0.2) is 24.3 Å². The summed E-state index contributed by atoms with van der Waals surface area (Å²) in [6.45, 7) is 0. The molecule has 0 atom stereocenters. The lowest BCUT2D eigenvalue weighted by atomic mass is 10.1. The molecule has 0 unspecified atom stereocenters. The zero-order chi connectivity index (χ0) is 11.5. The summed E-state index contributed by atoms with van der Waals surface area (Å²) >= 11 is 0. The maximum atomic E-state index is 10.7. The summed E-state index contributed by atoms with van der Waals surface area (Å²) < 4.78 is 0. The molecule has 0 amide bonds. The zero-order valence-corrected chi connectivity index (χ0v) is 8.63. The van der Waals surface area contributed by atoms with Gasteiger partial charge in [-0.15, -0.1) is 0 Å². The van der Waals surface area contributed by atoms with E-state index in [0.29, 0.717) is 12.2 Å². The van der Waals surface area contributed by atoms with Gasteiger partial charge in [0, 0.05) is 6.07 Å². The van der Waals surface area contributed by atoms with E-state index in [4.69, 9.17) is 0 Å². The van der Waals surface area contributed by atoms with Crippen molar-refractivity contribution in [3.63, 3.8) is 0 Å². The van der Waals surface area contributed by atoms with E-state index in [0.717, 1.165) is 5.56 Å². The van der Waals surface area contributed by atoms with Gasteiger partial charge in [-0.3, -0.25) is 14.9 Å². The molecule has 4 nitrogen and oxygen atoms in total. The number of carbonyl (C=O) groups excluding carboxylic acids is 1. The third kappa shape index (κ3) is 2.34. The van der Waals surface area contributed by atoms with Crippen molar-refractivity contribution >= 4 is 18.0 Å². The highest BCUT2D eigenvalue weighted by molar-refractivity contribution is 5.82. The summed E-state index contributed by atoms with van der Waals surface area (Å²) in [5.41, 5.74) is 0.755. The van der Waals surface area contributed by atoms with Crippen LogP contribution >= 0.6 is 0 Å². The monoisotopic (exact) mass is 217 g/mol. The number of hydrogen-bond donors (Lipinski definition) is 0. The number of benzene rings is 1. The molecule has 0 spiro atoms. The SMILES string of the molecule is O=Cc1ccc(/C=C/C2CC2)cc1[N+](=O)[O-]. The van der Waals surface area contributed by atoms with Crippen LogP contribution in [0.5, 0.6) is 0 Å². The van der Waals surface area contributed by atoms with Crippen LogP contribution in [0.4, 0.5) is 5.69 Å². The Morgan fingerprint density at radius 1 is 1.38 bits per heavy atom. The van der Waals surface area contributed by atoms with Crippen molar-refractivity contribution in [2.24, 2.45) is 5.92 Å². The van der Waals surface area contributed by atoms with Gasteiger partial charge in [-0.25, -0.2) is 0 Å². The lowest BCUT2D eigenvalue weighted by Crippen LogP contribution is -1.94. The van der Waals surface area contributed by atoms with Gasteiger partial charge < -0.3 is 0 Å². The number of carbonyl (C=O) groups is 1. The maximum Gasteiger partial charge on any atom is 0.280 e. The standard InChI is InChI=1S/C12H11NO3/c14-8-11-6-5-10(4-3-9-1-2-9)7-12(11)13(15)16/h3-9H,1-2H2/b4-3+. The third-order valence-corrected chi connectivity index (χ3v) is 2.56. The van der Waals surface area contributed by atoms with Gasteiger partial charge in [0.1, 0.15) is 0 Å². The highest BCUT2D eigenvalue weighted by Crippen LogP contribution is 2.31. The molecule has 4 heteroatoms. The number of allylic oxidation sites excluding steroid dienone is 1. The number of nitrogens with zero attached hydrogens (tertiary/aromatic N) is 1. The lowest BCUT2D eigenvalue weighted by molar-refractivity contribution is -0.385. The molecule has 1 aromatic rings. The van der Waals surface area contributed by atoms with Crippen LogP contribution in [0.3, 0.4) is 0 Å². The molecule has 0 aromatic heterocycles. The molecule has 2 rings (SSSR count). The topological polar surface area (TPSA) is 60.2 Å². The molecule has 1 fully saturated rings. The van der Waals surface area contributed by atoms with Crippen molar-refractivity contribution in [3.05, 3.63) is 45.5 Å². The molecule has 0 saturated heterocycles. The molecular formula is C12H11NO3. The fourth-order valence-corrected chi connectivity index (χ4v) is 1.46. The van der Waals surface area contributed by atoms with Gasteiger partial charge in [0.05, 0.1) is 10.5 Å². The van der Waals surface area contributed by atoms with E-state index < -0.39 is 4.92 Å². The van der Waals surface area contributed by atoms with Gasteiger partial charge in [-0.05, 0) is 30.4 Å². The number of nitro groups is 1. The first-order valence-electron chi connectivity index (χ1n) is 5.12. The van der Waals surface area contributed by atoms with E-state index in [1.165, 1.54) is 25.0 Å². The Labute approximate surface area is 92.7 Å². The van der Waals surface area contributed by atoms with Crippen molar-refractivity contribution in [1.82, 2.24) is 0 Å². The number of aldehydes is 1. The molecule has 0 N–H and O–H groups in total. The Morgan fingerprint density at radius 2 is 2.12 bits per heavy atom. The van der Waals surface area contributed by atoms with Crippen molar-refractivity contribution in [3.8, 4) is 0 Å². The zero-order valence-electron chi connectivity index (χ0n) is 8.63. The molecule has 0 heterocycles. The summed E-state index contributed by atoms with van der Waals surface area (Å²) in [6, 6.07) is 4.63. The Bertz CT molecular complexity index is 461. The molecule has 82 valence electrons. The highest BCUT2D eigenvalue weighted by atomic mass is 16.6. The Hall–Kier alpha value is -1.97. The Morgan fingerprint density at radius 3 is 2.69 bits per heavy atom. The first kappa shape index (κ1) is 10.5. The van der Waals surface area contributed by atoms with Gasteiger partial charge in [0.25, 0.3) is 5.69 Å². The fourth-order valence-electron chi connectivity index (χ4n) is 1.46. The molecular weight excluding hydrogens is 206 g/mol. The van der Waals surface area contributed by atoms with E-state index in [1.807, 2.05) is 6.08 Å². The van der Waals surface area contributed by atoms with Crippen LogP contribution in [-0.4, -0.2) is 11.2 Å². The minimum Gasteiger partial charge on any atom is -0.298 e. The van der Waals surface area contributed by atoms with Gasteiger partial charge in [0.2, 0.25) is 0 Å². The molecule has 0 bridgehead atoms. The maximum absolute atomic E-state index is 10.7. The van der Waals surface area contributed by atoms with E-state index in [-0.39, 0.29) is 11.3 Å². The van der Waals surface area contributed by atoms with Crippen LogP contribution in [-0.2, 0) is 0 Å². The van der Waals surface area contributed by atoms with E-state index in [2.05, 4.69) is 6.08 Å². The van der Waals surface area contributed by atoms with Crippen molar-refractivity contribution in [2.75, 3.05) is 0 Å². The van der Waals surface area contributed by atoms with Crippen molar-refractivity contribution < 1.29 is 9.72 Å². The first-order chi connectivity index (χ1) is 7.70. The van der Waals surface area contributed by atoms with Crippen LogP contribution in [0.1, 0.15) is 28.8 Å². The Kier molecular flexibility index (Phi) is 2.81. The van der Waals surface area contributed by atoms with Crippen LogP contribution in [0.25, 0.3) is 6.08 Å². The Balaban J connectivity index is 2.29. The molecule has 0 radical (unpaired) electrons. The molecule has 1 aliphatic rings.